The van der Waals surface area contributed by atoms with Crippen molar-refractivity contribution in [3.63, 3.8) is 0 Å². The highest BCUT2D eigenvalue weighted by atomic mass is 32.2. The number of nitrogens with two attached hydrogens (primary N) is 1. The highest BCUT2D eigenvalue weighted by molar-refractivity contribution is 7.89. The molecule has 0 saturated carbocycles. The van der Waals surface area contributed by atoms with E-state index < -0.39 is 10.0 Å². The van der Waals surface area contributed by atoms with Gasteiger partial charge in [-0.15, -0.1) is 5.10 Å². The molecule has 8 heteroatoms. The first-order valence-electron chi connectivity index (χ1n) is 5.42. The number of nitrogens with zero attached hydrogens (tertiary/aromatic N) is 4. The van der Waals surface area contributed by atoms with Crippen LogP contribution in [0, 0.1) is 0 Å². The van der Waals surface area contributed by atoms with Crippen LogP contribution in [-0.4, -0.2) is 48.4 Å². The van der Waals surface area contributed by atoms with Crippen molar-refractivity contribution in [2.75, 3.05) is 20.6 Å². The molecule has 2 aromatic rings. The van der Waals surface area contributed by atoms with Crippen LogP contribution in [0.5, 0.6) is 0 Å². The maximum absolute atomic E-state index is 12.0. The molecule has 0 fully saturated rings. The Morgan fingerprint density at radius 2 is 2.11 bits per heavy atom. The van der Waals surface area contributed by atoms with E-state index in [1.165, 1.54) is 24.5 Å². The van der Waals surface area contributed by atoms with Gasteiger partial charge in [0.25, 0.3) is 0 Å². The molecule has 0 amide bonds. The van der Waals surface area contributed by atoms with Crippen LogP contribution in [0.1, 0.15) is 0 Å². The average molecular weight is 269 g/mol. The number of aromatic nitrogens is 3. The molecule has 1 aromatic carbocycles. The van der Waals surface area contributed by atoms with Gasteiger partial charge in [0.2, 0.25) is 10.0 Å². The summed E-state index contributed by atoms with van der Waals surface area (Å²) in [6.45, 7) is 1.01. The fourth-order valence-corrected chi connectivity index (χ4v) is 2.53. The number of hydrogen-bond donors (Lipinski definition) is 1. The fourth-order valence-electron chi connectivity index (χ4n) is 1.61. The normalized spacial score (nSPS) is 12.4. The van der Waals surface area contributed by atoms with Crippen molar-refractivity contribution in [2.45, 2.75) is 11.4 Å². The van der Waals surface area contributed by atoms with E-state index in [0.717, 1.165) is 5.52 Å². The molecule has 2 N–H and O–H groups in total. The summed E-state index contributed by atoms with van der Waals surface area (Å²) in [6, 6.07) is 4.76. The molecule has 1 aromatic heterocycles. The zero-order valence-electron chi connectivity index (χ0n) is 10.2. The number of fused-ring (bicyclic) bond motifs is 1. The van der Waals surface area contributed by atoms with E-state index in [2.05, 4.69) is 10.3 Å². The molecular weight excluding hydrogens is 254 g/mol. The molecule has 18 heavy (non-hydrogen) atoms. The Labute approximate surface area is 105 Å². The van der Waals surface area contributed by atoms with Gasteiger partial charge in [0.05, 0.1) is 17.0 Å². The predicted molar refractivity (Wildman–Crippen MR) is 67.5 cm³/mol. The average Bonchev–Trinajstić information content (AvgIpc) is 2.72. The molecule has 0 radical (unpaired) electrons. The SMILES string of the molecule is CN(C)S(=O)(=O)c1ccc2c(c1)nnn2CCN. The highest BCUT2D eigenvalue weighted by Crippen LogP contribution is 2.19. The van der Waals surface area contributed by atoms with Gasteiger partial charge in [-0.05, 0) is 18.2 Å². The van der Waals surface area contributed by atoms with Crippen LogP contribution >= 0.6 is 0 Å². The van der Waals surface area contributed by atoms with Crippen LogP contribution in [0.4, 0.5) is 0 Å². The smallest absolute Gasteiger partial charge is 0.242 e. The molecule has 1 heterocycles. The summed E-state index contributed by atoms with van der Waals surface area (Å²) in [4.78, 5) is 0.208. The maximum atomic E-state index is 12.0. The van der Waals surface area contributed by atoms with Crippen molar-refractivity contribution >= 4 is 21.1 Å². The highest BCUT2D eigenvalue weighted by Gasteiger charge is 2.18. The van der Waals surface area contributed by atoms with Gasteiger partial charge < -0.3 is 5.73 Å². The zero-order valence-corrected chi connectivity index (χ0v) is 11.1. The van der Waals surface area contributed by atoms with Crippen molar-refractivity contribution in [1.82, 2.24) is 19.3 Å². The Kier molecular flexibility index (Phi) is 3.33. The van der Waals surface area contributed by atoms with Gasteiger partial charge in [0.1, 0.15) is 5.52 Å². The molecule has 2 rings (SSSR count). The van der Waals surface area contributed by atoms with Crippen molar-refractivity contribution in [2.24, 2.45) is 5.73 Å². The van der Waals surface area contributed by atoms with Gasteiger partial charge in [0, 0.05) is 20.6 Å². The molecule has 7 nitrogen and oxygen atoms in total. The van der Waals surface area contributed by atoms with Gasteiger partial charge in [-0.3, -0.25) is 0 Å². The molecule has 0 aliphatic carbocycles. The van der Waals surface area contributed by atoms with Gasteiger partial charge >= 0.3 is 0 Å². The molecule has 0 unspecified atom stereocenters. The summed E-state index contributed by atoms with van der Waals surface area (Å²) < 4.78 is 26.7. The Bertz CT molecular complexity index is 662. The lowest BCUT2D eigenvalue weighted by Crippen LogP contribution is -2.22. The maximum Gasteiger partial charge on any atom is 0.242 e. The fraction of sp³-hybridized carbons (Fsp3) is 0.400. The van der Waals surface area contributed by atoms with Gasteiger partial charge in [0.15, 0.2) is 0 Å². The zero-order chi connectivity index (χ0) is 13.3. The minimum Gasteiger partial charge on any atom is -0.329 e. The summed E-state index contributed by atoms with van der Waals surface area (Å²) in [5.41, 5.74) is 6.78. The third kappa shape index (κ3) is 2.09. The summed E-state index contributed by atoms with van der Waals surface area (Å²) in [5.74, 6) is 0. The van der Waals surface area contributed by atoms with Crippen molar-refractivity contribution < 1.29 is 8.42 Å². The lowest BCUT2D eigenvalue weighted by Gasteiger charge is -2.10. The van der Waals surface area contributed by atoms with Crippen LogP contribution in [-0.2, 0) is 16.6 Å². The summed E-state index contributed by atoms with van der Waals surface area (Å²) >= 11 is 0. The van der Waals surface area contributed by atoms with Crippen LogP contribution in [0.3, 0.4) is 0 Å². The van der Waals surface area contributed by atoms with E-state index in [1.54, 1.807) is 16.8 Å². The van der Waals surface area contributed by atoms with E-state index in [0.29, 0.717) is 18.6 Å². The van der Waals surface area contributed by atoms with E-state index in [1.807, 2.05) is 0 Å². The second kappa shape index (κ2) is 4.63. The predicted octanol–water partition coefficient (Wildman–Crippen LogP) is -0.360. The molecule has 0 bridgehead atoms. The van der Waals surface area contributed by atoms with Gasteiger partial charge in [-0.1, -0.05) is 5.21 Å². The van der Waals surface area contributed by atoms with Gasteiger partial charge in [-0.2, -0.15) is 0 Å². The Hall–Kier alpha value is -1.51. The van der Waals surface area contributed by atoms with Crippen LogP contribution in [0.25, 0.3) is 11.0 Å². The first-order chi connectivity index (χ1) is 8.46. The lowest BCUT2D eigenvalue weighted by molar-refractivity contribution is 0.521. The summed E-state index contributed by atoms with van der Waals surface area (Å²) in [7, 11) is -0.458. The third-order valence-corrected chi connectivity index (χ3v) is 4.42. The van der Waals surface area contributed by atoms with E-state index in [9.17, 15) is 8.42 Å². The Balaban J connectivity index is 2.53. The molecule has 0 saturated heterocycles. The van der Waals surface area contributed by atoms with Crippen LogP contribution < -0.4 is 5.73 Å². The van der Waals surface area contributed by atoms with Crippen molar-refractivity contribution in [3.8, 4) is 0 Å². The molecule has 0 aliphatic heterocycles. The molecular formula is C10H15N5O2S. The standard InChI is InChI=1S/C10H15N5O2S/c1-14(2)18(16,17)8-3-4-10-9(7-8)12-13-15(10)6-5-11/h3-4,7H,5-6,11H2,1-2H3. The first-order valence-corrected chi connectivity index (χ1v) is 6.86. The van der Waals surface area contributed by atoms with Crippen molar-refractivity contribution in [3.05, 3.63) is 18.2 Å². The largest absolute Gasteiger partial charge is 0.329 e. The first kappa shape index (κ1) is 12.9. The van der Waals surface area contributed by atoms with Crippen LogP contribution in [0.2, 0.25) is 0 Å². The molecule has 0 spiro atoms. The molecule has 98 valence electrons. The van der Waals surface area contributed by atoms with E-state index in [-0.39, 0.29) is 4.90 Å². The number of rotatable bonds is 4. The summed E-state index contributed by atoms with van der Waals surface area (Å²) in [5, 5.41) is 7.88. The monoisotopic (exact) mass is 269 g/mol. The second-order valence-electron chi connectivity index (χ2n) is 4.04. The number of benzene rings is 1. The van der Waals surface area contributed by atoms with E-state index >= 15 is 0 Å². The van der Waals surface area contributed by atoms with E-state index in [4.69, 9.17) is 5.73 Å². The third-order valence-electron chi connectivity index (χ3n) is 2.60. The molecule has 0 atom stereocenters. The Morgan fingerprint density at radius 1 is 1.39 bits per heavy atom. The molecule has 0 aliphatic rings. The second-order valence-corrected chi connectivity index (χ2v) is 6.19. The minimum absolute atomic E-state index is 0.208. The van der Waals surface area contributed by atoms with Crippen LogP contribution in [0.15, 0.2) is 23.1 Å². The minimum atomic E-state index is -3.44. The Morgan fingerprint density at radius 3 is 2.72 bits per heavy atom. The number of sulfonamides is 1. The summed E-state index contributed by atoms with van der Waals surface area (Å²) in [6.07, 6.45) is 0. The quantitative estimate of drug-likeness (QED) is 0.818. The van der Waals surface area contributed by atoms with Gasteiger partial charge in [-0.25, -0.2) is 17.4 Å². The number of hydrogen-bond acceptors (Lipinski definition) is 5. The van der Waals surface area contributed by atoms with Crippen molar-refractivity contribution in [1.29, 1.82) is 0 Å². The lowest BCUT2D eigenvalue weighted by atomic mass is 10.3. The topological polar surface area (TPSA) is 94.1 Å².